The number of nitrogens with one attached hydrogen (secondary N) is 1. The van der Waals surface area contributed by atoms with E-state index >= 15 is 0 Å². The second kappa shape index (κ2) is 2.21. The Hall–Kier alpha value is -0.0800. The lowest BCUT2D eigenvalue weighted by atomic mass is 10.0. The van der Waals surface area contributed by atoms with Gasteiger partial charge < -0.3 is 10.1 Å². The van der Waals surface area contributed by atoms with Crippen LogP contribution in [0.1, 0.15) is 19.3 Å². The highest BCUT2D eigenvalue weighted by Crippen LogP contribution is 2.51. The van der Waals surface area contributed by atoms with Gasteiger partial charge in [-0.25, -0.2) is 0 Å². The van der Waals surface area contributed by atoms with Crippen LogP contribution in [0.2, 0.25) is 0 Å². The summed E-state index contributed by atoms with van der Waals surface area (Å²) in [5, 5.41) is 3.49. The normalized spacial score (nSPS) is 35.1. The van der Waals surface area contributed by atoms with Gasteiger partial charge in [0.25, 0.3) is 0 Å². The van der Waals surface area contributed by atoms with Gasteiger partial charge in [0.05, 0.1) is 6.61 Å². The molecular weight excluding hydrogens is 126 g/mol. The molecule has 2 nitrogen and oxygen atoms in total. The molecule has 0 amide bonds. The molecule has 0 aromatic carbocycles. The van der Waals surface area contributed by atoms with E-state index in [0.29, 0.717) is 6.04 Å². The molecule has 1 aliphatic carbocycles. The predicted octanol–water partition coefficient (Wildman–Crippen LogP) is 0.775. The summed E-state index contributed by atoms with van der Waals surface area (Å²) in [5.74, 6) is 0. The van der Waals surface area contributed by atoms with Crippen LogP contribution in [0, 0.1) is 5.41 Å². The molecule has 2 rings (SSSR count). The maximum Gasteiger partial charge on any atom is 0.0616 e. The van der Waals surface area contributed by atoms with Gasteiger partial charge in [-0.1, -0.05) is 0 Å². The maximum atomic E-state index is 5.08. The lowest BCUT2D eigenvalue weighted by Crippen LogP contribution is -2.25. The Balaban J connectivity index is 1.82. The summed E-state index contributed by atoms with van der Waals surface area (Å²) in [5.41, 5.74) is 0.725. The number of ether oxygens (including phenoxy) is 1. The molecule has 1 saturated carbocycles. The van der Waals surface area contributed by atoms with Gasteiger partial charge in [-0.3, -0.25) is 0 Å². The van der Waals surface area contributed by atoms with E-state index in [9.17, 15) is 0 Å². The lowest BCUT2D eigenvalue weighted by molar-refractivity contribution is 0.172. The largest absolute Gasteiger partial charge is 0.383 e. The van der Waals surface area contributed by atoms with Crippen molar-refractivity contribution in [3.8, 4) is 0 Å². The number of rotatable bonds is 2. The Labute approximate surface area is 61.9 Å². The van der Waals surface area contributed by atoms with Crippen molar-refractivity contribution in [1.29, 1.82) is 0 Å². The first kappa shape index (κ1) is 6.62. The smallest absolute Gasteiger partial charge is 0.0616 e. The molecule has 0 bridgehead atoms. The Morgan fingerprint density at radius 2 is 2.40 bits per heavy atom. The minimum absolute atomic E-state index is 0.646. The van der Waals surface area contributed by atoms with Gasteiger partial charge in [-0.15, -0.1) is 0 Å². The summed E-state index contributed by atoms with van der Waals surface area (Å²) < 4.78 is 5.08. The van der Waals surface area contributed by atoms with Crippen LogP contribution in [0.5, 0.6) is 0 Å². The van der Waals surface area contributed by atoms with Gasteiger partial charge in [-0.2, -0.15) is 0 Å². The molecule has 2 fully saturated rings. The molecule has 1 aliphatic heterocycles. The van der Waals surface area contributed by atoms with Gasteiger partial charge in [0.1, 0.15) is 0 Å². The first-order valence-electron chi connectivity index (χ1n) is 4.07. The van der Waals surface area contributed by atoms with Gasteiger partial charge >= 0.3 is 0 Å². The first-order chi connectivity index (χ1) is 4.85. The molecule has 0 aromatic rings. The second-order valence-electron chi connectivity index (χ2n) is 3.74. The molecule has 0 radical (unpaired) electrons. The van der Waals surface area contributed by atoms with Crippen LogP contribution < -0.4 is 5.32 Å². The first-order valence-corrected chi connectivity index (χ1v) is 4.07. The second-order valence-corrected chi connectivity index (χ2v) is 3.74. The minimum atomic E-state index is 0.646. The van der Waals surface area contributed by atoms with E-state index < -0.39 is 0 Å². The fourth-order valence-corrected chi connectivity index (χ4v) is 1.90. The predicted molar refractivity (Wildman–Crippen MR) is 40.0 cm³/mol. The third-order valence-corrected chi connectivity index (χ3v) is 2.77. The molecule has 1 N–H and O–H groups in total. The van der Waals surface area contributed by atoms with Crippen LogP contribution in [0.15, 0.2) is 0 Å². The molecule has 2 heteroatoms. The lowest BCUT2D eigenvalue weighted by Gasteiger charge is -2.07. The van der Waals surface area contributed by atoms with Crippen molar-refractivity contribution in [2.24, 2.45) is 5.41 Å². The molecule has 0 aromatic heterocycles. The number of hydrogen-bond donors (Lipinski definition) is 1. The van der Waals surface area contributed by atoms with E-state index in [2.05, 4.69) is 5.32 Å². The Kier molecular flexibility index (Phi) is 1.46. The van der Waals surface area contributed by atoms with Crippen LogP contribution in [0.4, 0.5) is 0 Å². The van der Waals surface area contributed by atoms with E-state index in [1.165, 1.54) is 25.8 Å². The minimum Gasteiger partial charge on any atom is -0.383 e. The summed E-state index contributed by atoms with van der Waals surface area (Å²) >= 11 is 0. The molecular formula is C8H15NO. The van der Waals surface area contributed by atoms with E-state index in [1.54, 1.807) is 7.11 Å². The molecule has 1 atom stereocenters. The molecule has 10 heavy (non-hydrogen) atoms. The third-order valence-electron chi connectivity index (χ3n) is 2.77. The van der Waals surface area contributed by atoms with E-state index in [-0.39, 0.29) is 0 Å². The zero-order valence-electron chi connectivity index (χ0n) is 6.52. The van der Waals surface area contributed by atoms with Crippen molar-refractivity contribution in [1.82, 2.24) is 5.32 Å². The fraction of sp³-hybridized carbons (Fsp3) is 1.00. The zero-order chi connectivity index (χ0) is 7.03. The Morgan fingerprint density at radius 3 is 2.90 bits per heavy atom. The molecule has 58 valence electrons. The van der Waals surface area contributed by atoms with Crippen molar-refractivity contribution in [3.05, 3.63) is 0 Å². The summed E-state index contributed by atoms with van der Waals surface area (Å²) in [6, 6.07) is 0.646. The van der Waals surface area contributed by atoms with E-state index in [4.69, 9.17) is 4.74 Å². The van der Waals surface area contributed by atoms with Crippen LogP contribution in [-0.4, -0.2) is 26.3 Å². The molecule has 0 unspecified atom stereocenters. The molecule has 1 heterocycles. The third kappa shape index (κ3) is 1.06. The maximum absolute atomic E-state index is 5.08. The van der Waals surface area contributed by atoms with E-state index in [0.717, 1.165) is 12.0 Å². The highest BCUT2D eigenvalue weighted by atomic mass is 16.5. The molecule has 2 aliphatic rings. The van der Waals surface area contributed by atoms with Gasteiger partial charge in [0.15, 0.2) is 0 Å². The quantitative estimate of drug-likeness (QED) is 0.613. The Bertz CT molecular complexity index is 131. The van der Waals surface area contributed by atoms with Crippen LogP contribution in [0.25, 0.3) is 0 Å². The standard InChI is InChI=1S/C8H15NO/c1-10-5-7-4-8(2-3-8)6-9-7/h7,9H,2-6H2,1H3/t7-/m0/s1. The van der Waals surface area contributed by atoms with Gasteiger partial charge in [0.2, 0.25) is 0 Å². The monoisotopic (exact) mass is 141 g/mol. The summed E-state index contributed by atoms with van der Waals surface area (Å²) in [7, 11) is 1.78. The summed E-state index contributed by atoms with van der Waals surface area (Å²) in [6.07, 6.45) is 4.24. The van der Waals surface area contributed by atoms with Crippen molar-refractivity contribution in [2.75, 3.05) is 20.3 Å². The highest BCUT2D eigenvalue weighted by Gasteiger charge is 2.47. The highest BCUT2D eigenvalue weighted by molar-refractivity contribution is 5.02. The van der Waals surface area contributed by atoms with E-state index in [1.807, 2.05) is 0 Å². The van der Waals surface area contributed by atoms with Crippen LogP contribution in [-0.2, 0) is 4.74 Å². The topological polar surface area (TPSA) is 21.3 Å². The van der Waals surface area contributed by atoms with Crippen molar-refractivity contribution < 1.29 is 4.74 Å². The van der Waals surface area contributed by atoms with Crippen LogP contribution in [0.3, 0.4) is 0 Å². The van der Waals surface area contributed by atoms with Crippen molar-refractivity contribution >= 4 is 0 Å². The van der Waals surface area contributed by atoms with Gasteiger partial charge in [0, 0.05) is 19.7 Å². The van der Waals surface area contributed by atoms with Crippen molar-refractivity contribution in [3.63, 3.8) is 0 Å². The molecule has 1 spiro atoms. The number of methoxy groups -OCH3 is 1. The summed E-state index contributed by atoms with van der Waals surface area (Å²) in [4.78, 5) is 0. The average molecular weight is 141 g/mol. The molecule has 1 saturated heterocycles. The van der Waals surface area contributed by atoms with Gasteiger partial charge in [-0.05, 0) is 24.7 Å². The average Bonchev–Trinajstić information content (AvgIpc) is 2.52. The zero-order valence-corrected chi connectivity index (χ0v) is 6.52. The van der Waals surface area contributed by atoms with Crippen LogP contribution >= 0.6 is 0 Å². The SMILES string of the molecule is COC[C@@H]1CC2(CC2)CN1. The Morgan fingerprint density at radius 1 is 1.60 bits per heavy atom. The van der Waals surface area contributed by atoms with Crippen molar-refractivity contribution in [2.45, 2.75) is 25.3 Å². The summed E-state index contributed by atoms with van der Waals surface area (Å²) in [6.45, 7) is 2.13. The fourth-order valence-electron chi connectivity index (χ4n) is 1.90. The number of hydrogen-bond acceptors (Lipinski definition) is 2.